The second-order valence-corrected chi connectivity index (χ2v) is 3.54. The smallest absolute Gasteiger partial charge is 0.326 e. The average Bonchev–Trinajstić information content (AvgIpc) is 2.27. The fraction of sp³-hybridized carbons (Fsp3) is 0.273. The lowest BCUT2D eigenvalue weighted by Crippen LogP contribution is -2.41. The predicted octanol–water partition coefficient (Wildman–Crippen LogP) is 0.0967. The van der Waals surface area contributed by atoms with Gasteiger partial charge in [-0.3, -0.25) is 4.79 Å². The van der Waals surface area contributed by atoms with E-state index in [4.69, 9.17) is 10.2 Å². The molecule has 6 nitrogen and oxygen atoms in total. The summed E-state index contributed by atoms with van der Waals surface area (Å²) < 4.78 is 12.7. The van der Waals surface area contributed by atoms with Gasteiger partial charge in [0, 0.05) is 19.1 Å². The monoisotopic (exact) mass is 257 g/mol. The molecule has 0 unspecified atom stereocenters. The van der Waals surface area contributed by atoms with E-state index in [0.717, 1.165) is 18.2 Å². The van der Waals surface area contributed by atoms with E-state index in [-0.39, 0.29) is 12.0 Å². The molecule has 1 aromatic carbocycles. The van der Waals surface area contributed by atoms with Crippen LogP contribution in [0.25, 0.3) is 0 Å². The summed E-state index contributed by atoms with van der Waals surface area (Å²) in [7, 11) is 0. The van der Waals surface area contributed by atoms with E-state index in [1.807, 2.05) is 0 Å². The van der Waals surface area contributed by atoms with Gasteiger partial charge in [-0.05, 0) is 12.1 Å². The SMILES string of the molecule is O=C(N[C@H](CCO)C(=O)O)c1ccc(F)cc1O. The standard InChI is InChI=1S/C11H12FNO5/c12-6-1-2-7(9(15)5-6)10(16)13-8(3-4-14)11(17)18/h1-2,5,8,14-15H,3-4H2,(H,13,16)(H,17,18)/t8-/m1/s1. The lowest BCUT2D eigenvalue weighted by atomic mass is 10.1. The van der Waals surface area contributed by atoms with E-state index in [1.165, 1.54) is 0 Å². The van der Waals surface area contributed by atoms with Gasteiger partial charge in [-0.2, -0.15) is 0 Å². The summed E-state index contributed by atoms with van der Waals surface area (Å²) in [5.74, 6) is -3.46. The van der Waals surface area contributed by atoms with E-state index in [1.54, 1.807) is 0 Å². The summed E-state index contributed by atoms with van der Waals surface area (Å²) in [6.07, 6.45) is -0.164. The molecule has 1 amide bonds. The molecule has 98 valence electrons. The number of hydrogen-bond donors (Lipinski definition) is 4. The van der Waals surface area contributed by atoms with Gasteiger partial charge in [-0.25, -0.2) is 9.18 Å². The molecule has 4 N–H and O–H groups in total. The molecule has 0 spiro atoms. The van der Waals surface area contributed by atoms with Crippen LogP contribution in [0.2, 0.25) is 0 Å². The number of aliphatic hydroxyl groups excluding tert-OH is 1. The third-order valence-electron chi connectivity index (χ3n) is 2.23. The number of phenols is 1. The molecule has 7 heteroatoms. The Kier molecular flexibility index (Phi) is 4.61. The highest BCUT2D eigenvalue weighted by molar-refractivity contribution is 5.98. The minimum atomic E-state index is -1.31. The van der Waals surface area contributed by atoms with Gasteiger partial charge in [-0.1, -0.05) is 0 Å². The number of carboxylic acids is 1. The van der Waals surface area contributed by atoms with E-state index in [0.29, 0.717) is 0 Å². The van der Waals surface area contributed by atoms with Crippen molar-refractivity contribution in [3.63, 3.8) is 0 Å². The first-order valence-corrected chi connectivity index (χ1v) is 5.08. The van der Waals surface area contributed by atoms with Crippen LogP contribution >= 0.6 is 0 Å². The van der Waals surface area contributed by atoms with Crippen molar-refractivity contribution in [2.45, 2.75) is 12.5 Å². The third-order valence-corrected chi connectivity index (χ3v) is 2.23. The first-order chi connectivity index (χ1) is 8.45. The minimum absolute atomic E-state index is 0.164. The van der Waals surface area contributed by atoms with Crippen LogP contribution in [0.5, 0.6) is 5.75 Å². The summed E-state index contributed by atoms with van der Waals surface area (Å²) in [5.41, 5.74) is -0.236. The number of carbonyl (C=O) groups excluding carboxylic acids is 1. The zero-order chi connectivity index (χ0) is 13.7. The summed E-state index contributed by atoms with van der Waals surface area (Å²) in [5, 5.41) is 28.9. The quantitative estimate of drug-likeness (QED) is 0.598. The number of rotatable bonds is 5. The summed E-state index contributed by atoms with van der Waals surface area (Å²) in [6.45, 7) is -0.410. The van der Waals surface area contributed by atoms with E-state index in [9.17, 15) is 19.1 Å². The van der Waals surface area contributed by atoms with E-state index < -0.39 is 36.1 Å². The maximum absolute atomic E-state index is 12.7. The van der Waals surface area contributed by atoms with Crippen LogP contribution in [0.1, 0.15) is 16.8 Å². The molecule has 0 saturated carbocycles. The fourth-order valence-electron chi connectivity index (χ4n) is 1.32. The lowest BCUT2D eigenvalue weighted by Gasteiger charge is -2.13. The highest BCUT2D eigenvalue weighted by Gasteiger charge is 2.21. The number of carboxylic acid groups (broad SMARTS) is 1. The van der Waals surface area contributed by atoms with Crippen LogP contribution in [-0.2, 0) is 4.79 Å². The van der Waals surface area contributed by atoms with Crippen molar-refractivity contribution in [3.05, 3.63) is 29.6 Å². The number of aromatic hydroxyl groups is 1. The van der Waals surface area contributed by atoms with Crippen LogP contribution in [0.3, 0.4) is 0 Å². The van der Waals surface area contributed by atoms with Crippen molar-refractivity contribution >= 4 is 11.9 Å². The molecule has 1 aromatic rings. The second-order valence-electron chi connectivity index (χ2n) is 3.54. The van der Waals surface area contributed by atoms with Crippen LogP contribution in [-0.4, -0.2) is 39.8 Å². The Morgan fingerprint density at radius 3 is 2.56 bits per heavy atom. The number of amides is 1. The fourth-order valence-corrected chi connectivity index (χ4v) is 1.32. The Hall–Kier alpha value is -2.15. The molecule has 0 fully saturated rings. The molecule has 18 heavy (non-hydrogen) atoms. The van der Waals surface area contributed by atoms with E-state index in [2.05, 4.69) is 5.32 Å². The predicted molar refractivity (Wildman–Crippen MR) is 58.7 cm³/mol. The number of phenolic OH excluding ortho intramolecular Hbond substituents is 1. The van der Waals surface area contributed by atoms with Crippen LogP contribution in [0.4, 0.5) is 4.39 Å². The molecule has 1 atom stereocenters. The molecule has 0 saturated heterocycles. The van der Waals surface area contributed by atoms with Crippen molar-refractivity contribution in [1.82, 2.24) is 5.32 Å². The van der Waals surface area contributed by atoms with Crippen LogP contribution in [0, 0.1) is 5.82 Å². The number of benzene rings is 1. The molecular formula is C11H12FNO5. The van der Waals surface area contributed by atoms with Gasteiger partial charge in [0.05, 0.1) is 5.56 Å². The number of nitrogens with one attached hydrogen (secondary N) is 1. The van der Waals surface area contributed by atoms with Crippen molar-refractivity contribution in [2.24, 2.45) is 0 Å². The normalized spacial score (nSPS) is 11.9. The zero-order valence-corrected chi connectivity index (χ0v) is 9.26. The van der Waals surface area contributed by atoms with Crippen molar-refractivity contribution in [3.8, 4) is 5.75 Å². The van der Waals surface area contributed by atoms with Gasteiger partial charge in [-0.15, -0.1) is 0 Å². The number of aliphatic carboxylic acids is 1. The highest BCUT2D eigenvalue weighted by Crippen LogP contribution is 2.18. The van der Waals surface area contributed by atoms with Gasteiger partial charge in [0.2, 0.25) is 0 Å². The third kappa shape index (κ3) is 3.42. The number of aliphatic hydroxyl groups is 1. The first-order valence-electron chi connectivity index (χ1n) is 5.08. The Morgan fingerprint density at radius 2 is 2.06 bits per heavy atom. The molecule has 0 aliphatic heterocycles. The zero-order valence-electron chi connectivity index (χ0n) is 9.26. The Balaban J connectivity index is 2.83. The van der Waals surface area contributed by atoms with E-state index >= 15 is 0 Å². The molecule has 0 aromatic heterocycles. The Labute approximate surface area is 102 Å². The number of halogens is 1. The highest BCUT2D eigenvalue weighted by atomic mass is 19.1. The van der Waals surface area contributed by atoms with Crippen molar-refractivity contribution in [1.29, 1.82) is 0 Å². The summed E-state index contributed by atoms with van der Waals surface area (Å²) in [6, 6.07) is 1.48. The molecule has 0 aliphatic rings. The van der Waals surface area contributed by atoms with Gasteiger partial charge in [0.15, 0.2) is 0 Å². The molecule has 0 radical (unpaired) electrons. The average molecular weight is 257 g/mol. The van der Waals surface area contributed by atoms with Crippen molar-refractivity contribution in [2.75, 3.05) is 6.61 Å². The number of carbonyl (C=O) groups is 2. The molecule has 0 aliphatic carbocycles. The maximum atomic E-state index is 12.7. The maximum Gasteiger partial charge on any atom is 0.326 e. The van der Waals surface area contributed by atoms with Gasteiger partial charge in [0.1, 0.15) is 17.6 Å². The van der Waals surface area contributed by atoms with Gasteiger partial charge >= 0.3 is 5.97 Å². The first kappa shape index (κ1) is 13.9. The van der Waals surface area contributed by atoms with Crippen LogP contribution < -0.4 is 5.32 Å². The Morgan fingerprint density at radius 1 is 1.39 bits per heavy atom. The molecular weight excluding hydrogens is 245 g/mol. The second kappa shape index (κ2) is 5.97. The van der Waals surface area contributed by atoms with Crippen molar-refractivity contribution < 1.29 is 29.3 Å². The summed E-state index contributed by atoms with van der Waals surface area (Å²) in [4.78, 5) is 22.4. The largest absolute Gasteiger partial charge is 0.507 e. The molecule has 0 heterocycles. The van der Waals surface area contributed by atoms with Crippen LogP contribution in [0.15, 0.2) is 18.2 Å². The minimum Gasteiger partial charge on any atom is -0.507 e. The number of hydrogen-bond acceptors (Lipinski definition) is 4. The summed E-state index contributed by atoms with van der Waals surface area (Å²) >= 11 is 0. The Bertz CT molecular complexity index is 463. The lowest BCUT2D eigenvalue weighted by molar-refractivity contribution is -0.139. The van der Waals surface area contributed by atoms with Gasteiger partial charge < -0.3 is 20.6 Å². The molecule has 1 rings (SSSR count). The molecule has 0 bridgehead atoms. The topological polar surface area (TPSA) is 107 Å². The van der Waals surface area contributed by atoms with Gasteiger partial charge in [0.25, 0.3) is 5.91 Å².